The summed E-state index contributed by atoms with van der Waals surface area (Å²) in [4.78, 5) is 32.1. The molecule has 3 aliphatic rings. The number of benzene rings is 1. The van der Waals surface area contributed by atoms with E-state index < -0.39 is 5.54 Å². The number of ether oxygens (including phenoxy) is 2. The van der Waals surface area contributed by atoms with E-state index >= 15 is 0 Å². The van der Waals surface area contributed by atoms with E-state index in [-0.39, 0.29) is 17.9 Å². The molecule has 1 atom stereocenters. The standard InChI is InChI=1S/C28H40N4O4/c1-28(27(34)29-22-8-6-4-3-5-7-9-22)20-31-24-19-23(35-2)11-10-21(24)18-25(31)26(33)32(28)13-12-30-14-16-36-17-15-30/h10-11,18-19,22H,3-9,12-17,20H2,1-2H3,(H,29,34). The molecule has 2 aromatic rings. The van der Waals surface area contributed by atoms with Gasteiger partial charge >= 0.3 is 0 Å². The average Bonchev–Trinajstić information content (AvgIpc) is 3.23. The largest absolute Gasteiger partial charge is 0.497 e. The van der Waals surface area contributed by atoms with Crippen molar-refractivity contribution in [2.24, 2.45) is 0 Å². The molecule has 0 spiro atoms. The van der Waals surface area contributed by atoms with E-state index in [2.05, 4.69) is 10.2 Å². The number of morpholine rings is 1. The number of aromatic nitrogens is 1. The first kappa shape index (κ1) is 25.1. The Morgan fingerprint density at radius 3 is 2.53 bits per heavy atom. The number of fused-ring (bicyclic) bond motifs is 3. The van der Waals surface area contributed by atoms with Crippen molar-refractivity contribution >= 4 is 22.7 Å². The van der Waals surface area contributed by atoms with Gasteiger partial charge in [0.25, 0.3) is 5.91 Å². The summed E-state index contributed by atoms with van der Waals surface area (Å²) in [5.74, 6) is 0.616. The second-order valence-electron chi connectivity index (χ2n) is 10.7. The van der Waals surface area contributed by atoms with Crippen LogP contribution in [-0.2, 0) is 16.1 Å². The fraction of sp³-hybridized carbons (Fsp3) is 0.643. The normalized spacial score (nSPS) is 24.3. The van der Waals surface area contributed by atoms with Crippen molar-refractivity contribution in [3.63, 3.8) is 0 Å². The van der Waals surface area contributed by atoms with Crippen LogP contribution in [0.1, 0.15) is 62.4 Å². The van der Waals surface area contributed by atoms with Crippen LogP contribution in [0.15, 0.2) is 24.3 Å². The number of carbonyl (C=O) groups is 2. The zero-order valence-corrected chi connectivity index (χ0v) is 21.8. The second kappa shape index (κ2) is 10.8. The van der Waals surface area contributed by atoms with Crippen LogP contribution < -0.4 is 10.1 Å². The van der Waals surface area contributed by atoms with E-state index in [0.717, 1.165) is 62.0 Å². The molecule has 1 saturated carbocycles. The highest BCUT2D eigenvalue weighted by molar-refractivity contribution is 6.03. The maximum absolute atomic E-state index is 14.0. The van der Waals surface area contributed by atoms with E-state index in [4.69, 9.17) is 9.47 Å². The van der Waals surface area contributed by atoms with Crippen LogP contribution in [0.4, 0.5) is 0 Å². The molecule has 2 aliphatic heterocycles. The first-order valence-electron chi connectivity index (χ1n) is 13.6. The van der Waals surface area contributed by atoms with Crippen molar-refractivity contribution in [2.75, 3.05) is 46.5 Å². The molecule has 8 heteroatoms. The summed E-state index contributed by atoms with van der Waals surface area (Å²) in [7, 11) is 1.65. The Hall–Kier alpha value is -2.58. The zero-order chi connectivity index (χ0) is 25.1. The molecule has 3 heterocycles. The summed E-state index contributed by atoms with van der Waals surface area (Å²) in [6.45, 7) is 6.74. The maximum atomic E-state index is 14.0. The highest BCUT2D eigenvalue weighted by Crippen LogP contribution is 2.34. The van der Waals surface area contributed by atoms with Gasteiger partial charge in [-0.15, -0.1) is 0 Å². The third kappa shape index (κ3) is 4.98. The predicted octanol–water partition coefficient (Wildman–Crippen LogP) is 3.43. The van der Waals surface area contributed by atoms with Crippen molar-refractivity contribution in [1.82, 2.24) is 19.7 Å². The first-order chi connectivity index (χ1) is 17.5. The van der Waals surface area contributed by atoms with Gasteiger partial charge in [-0.2, -0.15) is 0 Å². The first-order valence-corrected chi connectivity index (χ1v) is 13.6. The van der Waals surface area contributed by atoms with Crippen LogP contribution in [0.25, 0.3) is 10.9 Å². The molecule has 0 bridgehead atoms. The monoisotopic (exact) mass is 496 g/mol. The third-order valence-corrected chi connectivity index (χ3v) is 8.31. The molecule has 2 fully saturated rings. The Morgan fingerprint density at radius 2 is 1.81 bits per heavy atom. The summed E-state index contributed by atoms with van der Waals surface area (Å²) >= 11 is 0. The van der Waals surface area contributed by atoms with Crippen molar-refractivity contribution in [2.45, 2.75) is 70.0 Å². The van der Waals surface area contributed by atoms with Crippen LogP contribution in [0.5, 0.6) is 5.75 Å². The molecule has 196 valence electrons. The number of nitrogens with zero attached hydrogens (tertiary/aromatic N) is 3. The average molecular weight is 497 g/mol. The fourth-order valence-corrected chi connectivity index (χ4v) is 6.01. The van der Waals surface area contributed by atoms with Gasteiger partial charge in [-0.3, -0.25) is 14.5 Å². The van der Waals surface area contributed by atoms with Crippen molar-refractivity contribution in [3.05, 3.63) is 30.0 Å². The van der Waals surface area contributed by atoms with Gasteiger partial charge in [0.1, 0.15) is 17.0 Å². The van der Waals surface area contributed by atoms with Gasteiger partial charge in [0.15, 0.2) is 0 Å². The Bertz CT molecular complexity index is 1080. The lowest BCUT2D eigenvalue weighted by molar-refractivity contribution is -0.134. The molecule has 1 unspecified atom stereocenters. The number of hydrogen-bond donors (Lipinski definition) is 1. The predicted molar refractivity (Wildman–Crippen MR) is 139 cm³/mol. The summed E-state index contributed by atoms with van der Waals surface area (Å²) in [5.41, 5.74) is 0.584. The van der Waals surface area contributed by atoms with Gasteiger partial charge < -0.3 is 24.3 Å². The topological polar surface area (TPSA) is 76.0 Å². The van der Waals surface area contributed by atoms with Crippen LogP contribution in [0.3, 0.4) is 0 Å². The number of hydrogen-bond acceptors (Lipinski definition) is 5. The molecule has 1 aromatic carbocycles. The Labute approximate surface area is 213 Å². The van der Waals surface area contributed by atoms with Crippen molar-refractivity contribution in [3.8, 4) is 5.75 Å². The highest BCUT2D eigenvalue weighted by Gasteiger charge is 2.48. The van der Waals surface area contributed by atoms with E-state index in [1.165, 1.54) is 19.3 Å². The molecular formula is C28H40N4O4. The smallest absolute Gasteiger partial charge is 0.271 e. The number of nitrogens with one attached hydrogen (secondary N) is 1. The number of carbonyl (C=O) groups excluding carboxylic acids is 2. The molecule has 2 amide bonds. The molecule has 1 aromatic heterocycles. The van der Waals surface area contributed by atoms with E-state index in [0.29, 0.717) is 32.0 Å². The van der Waals surface area contributed by atoms with Crippen LogP contribution in [0, 0.1) is 0 Å². The Morgan fingerprint density at radius 1 is 1.08 bits per heavy atom. The zero-order valence-electron chi connectivity index (χ0n) is 21.8. The van der Waals surface area contributed by atoms with Gasteiger partial charge in [0, 0.05) is 43.7 Å². The van der Waals surface area contributed by atoms with E-state index in [1.807, 2.05) is 40.7 Å². The molecule has 36 heavy (non-hydrogen) atoms. The summed E-state index contributed by atoms with van der Waals surface area (Å²) in [6, 6.07) is 7.98. The Balaban J connectivity index is 1.45. The van der Waals surface area contributed by atoms with Crippen molar-refractivity contribution in [1.29, 1.82) is 0 Å². The third-order valence-electron chi connectivity index (χ3n) is 8.31. The molecule has 1 saturated heterocycles. The lowest BCUT2D eigenvalue weighted by Crippen LogP contribution is -2.65. The highest BCUT2D eigenvalue weighted by atomic mass is 16.5. The number of amides is 2. The molecule has 0 radical (unpaired) electrons. The molecule has 5 rings (SSSR count). The summed E-state index contributed by atoms with van der Waals surface area (Å²) < 4.78 is 13.0. The molecular weight excluding hydrogens is 456 g/mol. The van der Waals surface area contributed by atoms with E-state index in [9.17, 15) is 9.59 Å². The van der Waals surface area contributed by atoms with Gasteiger partial charge in [0.05, 0.1) is 32.4 Å². The van der Waals surface area contributed by atoms with Gasteiger partial charge in [0.2, 0.25) is 5.91 Å². The van der Waals surface area contributed by atoms with Crippen LogP contribution >= 0.6 is 0 Å². The van der Waals surface area contributed by atoms with Gasteiger partial charge in [-0.25, -0.2) is 0 Å². The minimum Gasteiger partial charge on any atom is -0.497 e. The summed E-state index contributed by atoms with van der Waals surface area (Å²) in [5, 5.41) is 4.36. The number of methoxy groups -OCH3 is 1. The van der Waals surface area contributed by atoms with E-state index in [1.54, 1.807) is 7.11 Å². The lowest BCUT2D eigenvalue weighted by atomic mass is 9.92. The molecule has 1 aliphatic carbocycles. The minimum absolute atomic E-state index is 0.0428. The second-order valence-corrected chi connectivity index (χ2v) is 10.7. The summed E-state index contributed by atoms with van der Waals surface area (Å²) in [6.07, 6.45) is 8.07. The fourth-order valence-electron chi connectivity index (χ4n) is 6.01. The minimum atomic E-state index is -0.978. The van der Waals surface area contributed by atoms with Crippen LogP contribution in [-0.4, -0.2) is 84.3 Å². The quantitative estimate of drug-likeness (QED) is 0.663. The Kier molecular flexibility index (Phi) is 7.53. The van der Waals surface area contributed by atoms with Crippen molar-refractivity contribution < 1.29 is 19.1 Å². The van der Waals surface area contributed by atoms with Gasteiger partial charge in [-0.05, 0) is 38.0 Å². The molecule has 1 N–H and O–H groups in total. The van der Waals surface area contributed by atoms with Crippen LogP contribution in [0.2, 0.25) is 0 Å². The maximum Gasteiger partial charge on any atom is 0.271 e. The molecule has 8 nitrogen and oxygen atoms in total. The number of rotatable bonds is 6. The SMILES string of the molecule is COc1ccc2cc3n(c2c1)CC(C)(C(=O)NC1CCCCCCC1)N(CCN1CCOCC1)C3=O. The lowest BCUT2D eigenvalue weighted by Gasteiger charge is -2.45. The van der Waals surface area contributed by atoms with Gasteiger partial charge in [-0.1, -0.05) is 32.1 Å².